The van der Waals surface area contributed by atoms with E-state index >= 15 is 0 Å². The highest BCUT2D eigenvalue weighted by Crippen LogP contribution is 2.56. The molecule has 2 unspecified atom stereocenters. The molecule has 0 fully saturated rings. The fourth-order valence-corrected chi connectivity index (χ4v) is 6.32. The second-order valence-electron chi connectivity index (χ2n) is 3.31. The predicted molar refractivity (Wildman–Crippen MR) is 77.0 cm³/mol. The third-order valence-electron chi connectivity index (χ3n) is 2.19. The van der Waals surface area contributed by atoms with E-state index in [9.17, 15) is 8.77 Å². The van der Waals surface area contributed by atoms with Gasteiger partial charge in [-0.05, 0) is 19.1 Å². The molecule has 0 amide bonds. The molecule has 0 saturated carbocycles. The third kappa shape index (κ3) is 3.61. The maximum Gasteiger partial charge on any atom is 0.355 e. The van der Waals surface area contributed by atoms with Gasteiger partial charge in [-0.3, -0.25) is 8.77 Å². The molecular formula is C10H14IO4PS. The third-order valence-corrected chi connectivity index (χ3v) is 9.57. The second kappa shape index (κ2) is 6.43. The molecule has 0 radical (unpaired) electrons. The molecule has 1 aromatic rings. The SMILES string of the molecule is COP(=O)(OC)C(I)S(=O)c1ccc(C)cc1. The Hall–Kier alpha value is 0.250. The minimum atomic E-state index is -3.32. The van der Waals surface area contributed by atoms with Crippen molar-refractivity contribution in [2.24, 2.45) is 0 Å². The smallest absolute Gasteiger partial charge is 0.311 e. The van der Waals surface area contributed by atoms with Crippen LogP contribution in [0, 0.1) is 6.92 Å². The number of benzene rings is 1. The lowest BCUT2D eigenvalue weighted by atomic mass is 10.2. The highest BCUT2D eigenvalue weighted by atomic mass is 127. The van der Waals surface area contributed by atoms with Crippen LogP contribution >= 0.6 is 30.2 Å². The molecule has 0 heterocycles. The van der Waals surface area contributed by atoms with E-state index < -0.39 is 21.4 Å². The number of aryl methyl sites for hydroxylation is 1. The van der Waals surface area contributed by atoms with E-state index in [4.69, 9.17) is 9.05 Å². The molecule has 7 heteroatoms. The van der Waals surface area contributed by atoms with Gasteiger partial charge in [0.05, 0.1) is 10.8 Å². The van der Waals surface area contributed by atoms with Crippen molar-refractivity contribution >= 4 is 41.0 Å². The molecule has 0 saturated heterocycles. The first-order valence-corrected chi connectivity index (χ1v) is 8.84. The summed E-state index contributed by atoms with van der Waals surface area (Å²) in [5.74, 6) is 0. The average Bonchev–Trinajstić information content (AvgIpc) is 2.37. The summed E-state index contributed by atoms with van der Waals surface area (Å²) in [7, 11) is -2.16. The topological polar surface area (TPSA) is 52.6 Å². The van der Waals surface area contributed by atoms with Gasteiger partial charge in [0.25, 0.3) is 0 Å². The molecule has 0 aliphatic heterocycles. The van der Waals surface area contributed by atoms with Crippen molar-refractivity contribution in [1.29, 1.82) is 0 Å². The van der Waals surface area contributed by atoms with Crippen LogP contribution in [0.15, 0.2) is 29.2 Å². The zero-order chi connectivity index (χ0) is 13.1. The summed E-state index contributed by atoms with van der Waals surface area (Å²) in [5.41, 5.74) is 1.08. The van der Waals surface area contributed by atoms with Gasteiger partial charge in [0.1, 0.15) is 0 Å². The minimum Gasteiger partial charge on any atom is -0.311 e. The van der Waals surface area contributed by atoms with Crippen LogP contribution in [-0.2, 0) is 24.4 Å². The lowest BCUT2D eigenvalue weighted by molar-refractivity contribution is 0.279. The number of rotatable bonds is 5. The van der Waals surface area contributed by atoms with E-state index in [0.29, 0.717) is 4.90 Å². The standard InChI is InChI=1S/C10H14IO4PS/c1-8-4-6-9(7-5-8)17(13)10(11)16(12,14-2)15-3/h4-7,10H,1-3H3. The van der Waals surface area contributed by atoms with Crippen LogP contribution < -0.4 is 0 Å². The quantitative estimate of drug-likeness (QED) is 0.441. The lowest BCUT2D eigenvalue weighted by Gasteiger charge is -2.18. The fraction of sp³-hybridized carbons (Fsp3) is 0.400. The van der Waals surface area contributed by atoms with Crippen LogP contribution in [0.25, 0.3) is 0 Å². The lowest BCUT2D eigenvalue weighted by Crippen LogP contribution is -2.10. The van der Waals surface area contributed by atoms with Crippen molar-refractivity contribution in [3.05, 3.63) is 29.8 Å². The number of hydrogen-bond donors (Lipinski definition) is 0. The van der Waals surface area contributed by atoms with E-state index in [2.05, 4.69) is 0 Å². The Morgan fingerprint density at radius 2 is 1.71 bits per heavy atom. The Bertz CT molecular complexity index is 440. The van der Waals surface area contributed by atoms with Crippen molar-refractivity contribution in [1.82, 2.24) is 0 Å². The van der Waals surface area contributed by atoms with Gasteiger partial charge in [-0.15, -0.1) is 0 Å². The molecule has 0 spiro atoms. The normalized spacial score (nSPS) is 15.5. The van der Waals surface area contributed by atoms with Crippen molar-refractivity contribution in [2.75, 3.05) is 14.2 Å². The van der Waals surface area contributed by atoms with Gasteiger partial charge < -0.3 is 9.05 Å². The van der Waals surface area contributed by atoms with Crippen molar-refractivity contribution in [3.63, 3.8) is 0 Å². The highest BCUT2D eigenvalue weighted by molar-refractivity contribution is 14.1. The molecule has 96 valence electrons. The zero-order valence-corrected chi connectivity index (χ0v) is 13.6. The molecule has 1 aromatic carbocycles. The van der Waals surface area contributed by atoms with Crippen LogP contribution in [0.2, 0.25) is 0 Å². The van der Waals surface area contributed by atoms with Gasteiger partial charge in [-0.2, -0.15) is 0 Å². The maximum atomic E-state index is 12.2. The molecule has 4 nitrogen and oxygen atoms in total. The van der Waals surface area contributed by atoms with Crippen molar-refractivity contribution < 1.29 is 17.8 Å². The van der Waals surface area contributed by atoms with Gasteiger partial charge in [0.15, 0.2) is 3.00 Å². The van der Waals surface area contributed by atoms with Crippen molar-refractivity contribution in [3.8, 4) is 0 Å². The van der Waals surface area contributed by atoms with Gasteiger partial charge in [0, 0.05) is 19.1 Å². The van der Waals surface area contributed by atoms with E-state index in [1.807, 2.05) is 41.6 Å². The molecule has 0 bridgehead atoms. The second-order valence-corrected chi connectivity index (χ2v) is 10.6. The summed E-state index contributed by atoms with van der Waals surface area (Å²) in [4.78, 5) is 0.615. The predicted octanol–water partition coefficient (Wildman–Crippen LogP) is 3.31. The van der Waals surface area contributed by atoms with Gasteiger partial charge >= 0.3 is 7.60 Å². The molecule has 0 aromatic heterocycles. The largest absolute Gasteiger partial charge is 0.355 e. The monoisotopic (exact) mass is 388 g/mol. The number of halogens is 1. The highest BCUT2D eigenvalue weighted by Gasteiger charge is 2.37. The molecule has 2 atom stereocenters. The molecule has 1 rings (SSSR count). The Labute approximate surface area is 117 Å². The summed E-state index contributed by atoms with van der Waals surface area (Å²) >= 11 is 1.85. The van der Waals surface area contributed by atoms with Crippen LogP contribution in [0.5, 0.6) is 0 Å². The minimum absolute atomic E-state index is 0.615. The Kier molecular flexibility index (Phi) is 5.79. The van der Waals surface area contributed by atoms with Gasteiger partial charge in [-0.1, -0.05) is 40.3 Å². The summed E-state index contributed by atoms with van der Waals surface area (Å²) < 4.78 is 33.3. The van der Waals surface area contributed by atoms with Gasteiger partial charge in [-0.25, -0.2) is 0 Å². The van der Waals surface area contributed by atoms with Gasteiger partial charge in [0.2, 0.25) is 0 Å². The van der Waals surface area contributed by atoms with E-state index in [0.717, 1.165) is 5.56 Å². The Morgan fingerprint density at radius 3 is 2.12 bits per heavy atom. The molecule has 0 aliphatic carbocycles. The van der Waals surface area contributed by atoms with Crippen LogP contribution in [0.1, 0.15) is 5.56 Å². The fourth-order valence-electron chi connectivity index (χ4n) is 1.14. The summed E-state index contributed by atoms with van der Waals surface area (Å²) in [6.45, 7) is 1.95. The van der Waals surface area contributed by atoms with E-state index in [1.54, 1.807) is 12.1 Å². The van der Waals surface area contributed by atoms with E-state index in [1.165, 1.54) is 14.2 Å². The summed E-state index contributed by atoms with van der Waals surface area (Å²) in [6, 6.07) is 7.24. The van der Waals surface area contributed by atoms with E-state index in [-0.39, 0.29) is 0 Å². The zero-order valence-electron chi connectivity index (χ0n) is 9.75. The maximum absolute atomic E-state index is 12.2. The average molecular weight is 388 g/mol. The summed E-state index contributed by atoms with van der Waals surface area (Å²) in [6.07, 6.45) is 0. The molecule has 17 heavy (non-hydrogen) atoms. The Balaban J connectivity index is 2.97. The van der Waals surface area contributed by atoms with Crippen LogP contribution in [0.3, 0.4) is 0 Å². The molecular weight excluding hydrogens is 374 g/mol. The number of alkyl halides is 1. The first kappa shape index (κ1) is 15.3. The Morgan fingerprint density at radius 1 is 1.24 bits per heavy atom. The van der Waals surface area contributed by atoms with Crippen molar-refractivity contribution in [2.45, 2.75) is 14.8 Å². The number of hydrogen-bond acceptors (Lipinski definition) is 4. The molecule has 0 N–H and O–H groups in total. The first-order valence-electron chi connectivity index (χ1n) is 4.77. The molecule has 0 aliphatic rings. The first-order chi connectivity index (χ1) is 7.94. The van der Waals surface area contributed by atoms with Crippen LogP contribution in [-0.4, -0.2) is 21.4 Å². The van der Waals surface area contributed by atoms with Crippen LogP contribution in [0.4, 0.5) is 0 Å². The summed E-state index contributed by atoms with van der Waals surface area (Å²) in [5, 5.41) is 0.